The van der Waals surface area contributed by atoms with Crippen LogP contribution in [0.1, 0.15) is 37.3 Å². The topological polar surface area (TPSA) is 27.7 Å². The smallest absolute Gasteiger partial charge is 0.122 e. The summed E-state index contributed by atoms with van der Waals surface area (Å²) in [6, 6.07) is 17.7. The fraction of sp³-hybridized carbons (Fsp3) is 0.333. The molecule has 31 heavy (non-hydrogen) atoms. The van der Waals surface area contributed by atoms with E-state index >= 15 is 0 Å². The second-order valence-corrected chi connectivity index (χ2v) is 10.2. The Morgan fingerprint density at radius 3 is 1.77 bits per heavy atom. The second kappa shape index (κ2) is 9.24. The lowest BCUT2D eigenvalue weighted by molar-refractivity contribution is 0.306. The van der Waals surface area contributed by atoms with Crippen molar-refractivity contribution in [3.8, 4) is 22.6 Å². The normalized spacial score (nSPS) is 11.3. The summed E-state index contributed by atoms with van der Waals surface area (Å²) in [6.07, 6.45) is 3.52. The van der Waals surface area contributed by atoms with E-state index in [-0.39, 0.29) is 0 Å². The summed E-state index contributed by atoms with van der Waals surface area (Å²) in [6.45, 7) is 7.23. The lowest BCUT2D eigenvalue weighted by Crippen LogP contribution is -1.96. The zero-order chi connectivity index (χ0) is 22.0. The molecule has 1 aromatic heterocycles. The van der Waals surface area contributed by atoms with E-state index in [2.05, 4.69) is 69.3 Å². The van der Waals surface area contributed by atoms with Gasteiger partial charge in [-0.3, -0.25) is 0 Å². The number of rotatable bonds is 8. The van der Waals surface area contributed by atoms with E-state index in [1.54, 1.807) is 14.2 Å². The predicted octanol–water partition coefficient (Wildman–Crippen LogP) is 8.17. The maximum atomic E-state index is 5.94. The molecule has 0 aliphatic rings. The summed E-state index contributed by atoms with van der Waals surface area (Å²) in [5.41, 5.74) is 2.34. The molecule has 0 unspecified atom stereocenters. The molecule has 0 radical (unpaired) electrons. The van der Waals surface area contributed by atoms with Crippen molar-refractivity contribution in [2.75, 3.05) is 20.8 Å². The summed E-state index contributed by atoms with van der Waals surface area (Å²) >= 11 is 0. The first-order chi connectivity index (χ1) is 15.1. The van der Waals surface area contributed by atoms with E-state index in [9.17, 15) is 0 Å². The van der Waals surface area contributed by atoms with Gasteiger partial charge in [0.05, 0.1) is 20.8 Å². The number of methoxy groups -OCH3 is 2. The Balaban J connectivity index is 1.86. The van der Waals surface area contributed by atoms with Crippen molar-refractivity contribution < 1.29 is 14.2 Å². The van der Waals surface area contributed by atoms with E-state index in [4.69, 9.17) is 14.2 Å². The Morgan fingerprint density at radius 2 is 1.29 bits per heavy atom. The molecule has 4 heteroatoms. The van der Waals surface area contributed by atoms with Gasteiger partial charge >= 0.3 is 0 Å². The minimum atomic E-state index is -0.637. The molecular weight excluding hydrogens is 403 g/mol. The summed E-state index contributed by atoms with van der Waals surface area (Å²) < 4.78 is 17.2. The molecule has 0 atom stereocenters. The number of hydrogen-bond donors (Lipinski definition) is 0. The first-order valence-electron chi connectivity index (χ1n) is 11.0. The van der Waals surface area contributed by atoms with Crippen molar-refractivity contribution in [2.45, 2.75) is 40.0 Å². The maximum absolute atomic E-state index is 5.94. The van der Waals surface area contributed by atoms with Gasteiger partial charge in [0.15, 0.2) is 0 Å². The molecule has 0 saturated carbocycles. The predicted molar refractivity (Wildman–Crippen MR) is 133 cm³/mol. The maximum Gasteiger partial charge on any atom is 0.122 e. The zero-order valence-corrected chi connectivity index (χ0v) is 20.0. The third kappa shape index (κ3) is 4.12. The van der Waals surface area contributed by atoms with Crippen molar-refractivity contribution in [1.82, 2.24) is 0 Å². The average Bonchev–Trinajstić information content (AvgIpc) is 3.07. The van der Waals surface area contributed by atoms with Crippen LogP contribution < -0.4 is 14.2 Å². The molecule has 3 aromatic carbocycles. The van der Waals surface area contributed by atoms with Crippen LogP contribution >= 0.6 is 7.53 Å². The third-order valence-electron chi connectivity index (χ3n) is 5.91. The van der Waals surface area contributed by atoms with Crippen molar-refractivity contribution in [3.63, 3.8) is 0 Å². The van der Waals surface area contributed by atoms with E-state index in [0.29, 0.717) is 0 Å². The van der Waals surface area contributed by atoms with Crippen molar-refractivity contribution in [2.24, 2.45) is 0 Å². The first kappa shape index (κ1) is 21.6. The Hall–Kier alpha value is -2.64. The highest BCUT2D eigenvalue weighted by Crippen LogP contribution is 2.57. The lowest BCUT2D eigenvalue weighted by Gasteiger charge is -2.09. The molecule has 0 saturated heterocycles. The van der Waals surface area contributed by atoms with Crippen LogP contribution in [0.15, 0.2) is 48.5 Å². The quantitative estimate of drug-likeness (QED) is 0.262. The van der Waals surface area contributed by atoms with E-state index in [0.717, 1.165) is 30.3 Å². The van der Waals surface area contributed by atoms with Gasteiger partial charge in [-0.25, -0.2) is 0 Å². The Morgan fingerprint density at radius 1 is 0.742 bits per heavy atom. The highest BCUT2D eigenvalue weighted by molar-refractivity contribution is 7.67. The van der Waals surface area contributed by atoms with Crippen LogP contribution in [0.4, 0.5) is 0 Å². The van der Waals surface area contributed by atoms with Crippen LogP contribution in [-0.4, -0.2) is 20.8 Å². The molecule has 1 heterocycles. The largest absolute Gasteiger partial charge is 0.496 e. The summed E-state index contributed by atoms with van der Waals surface area (Å²) in [5, 5.41) is 6.61. The van der Waals surface area contributed by atoms with E-state index < -0.39 is 7.53 Å². The fourth-order valence-corrected chi connectivity index (χ4v) is 6.99. The fourth-order valence-electron chi connectivity index (χ4n) is 4.23. The number of ether oxygens (including phenoxy) is 3. The van der Waals surface area contributed by atoms with Crippen molar-refractivity contribution in [3.05, 3.63) is 59.7 Å². The Kier molecular flexibility index (Phi) is 6.43. The number of fused-ring (bicyclic) bond motifs is 3. The monoisotopic (exact) mass is 434 g/mol. The van der Waals surface area contributed by atoms with E-state index in [1.807, 2.05) is 0 Å². The minimum Gasteiger partial charge on any atom is -0.496 e. The molecule has 0 N–H and O–H groups in total. The van der Waals surface area contributed by atoms with Gasteiger partial charge in [0.25, 0.3) is 0 Å². The van der Waals surface area contributed by atoms with Crippen molar-refractivity contribution in [1.29, 1.82) is 0 Å². The highest BCUT2D eigenvalue weighted by atomic mass is 31.1. The van der Waals surface area contributed by atoms with Gasteiger partial charge in [-0.15, -0.1) is 0 Å². The number of hydrogen-bond acceptors (Lipinski definition) is 3. The average molecular weight is 435 g/mol. The molecule has 3 nitrogen and oxygen atoms in total. The number of aryl methyl sites for hydroxylation is 2. The highest BCUT2D eigenvalue weighted by Gasteiger charge is 2.17. The first-order valence-corrected chi connectivity index (χ1v) is 12.3. The van der Waals surface area contributed by atoms with Gasteiger partial charge in [0, 0.05) is 10.2 Å². The van der Waals surface area contributed by atoms with Crippen LogP contribution in [0.25, 0.3) is 26.3 Å². The van der Waals surface area contributed by atoms with Crippen LogP contribution in [0.3, 0.4) is 0 Å². The lowest BCUT2D eigenvalue weighted by atomic mass is 10.1. The summed E-state index contributed by atoms with van der Waals surface area (Å²) in [5.74, 6) is 2.81. The molecule has 0 aliphatic heterocycles. The molecule has 4 aromatic rings. The molecule has 0 bridgehead atoms. The van der Waals surface area contributed by atoms with Gasteiger partial charge in [0.1, 0.15) is 17.2 Å². The van der Waals surface area contributed by atoms with Gasteiger partial charge < -0.3 is 14.2 Å². The standard InChI is InChI=1S/C27H31O3P/c1-6-7-8-13-30-20-9-11-21(12-10-20)31-26-14-18(2)24(28-4)16-22(26)23-17-25(29-5)19(3)15-27(23)31/h9-12,14-17H,6-8,13H2,1-5H3. The van der Waals surface area contributed by atoms with Crippen LogP contribution in [0.5, 0.6) is 17.2 Å². The van der Waals surface area contributed by atoms with Gasteiger partial charge in [-0.1, -0.05) is 27.3 Å². The summed E-state index contributed by atoms with van der Waals surface area (Å²) in [4.78, 5) is 0. The van der Waals surface area contributed by atoms with Gasteiger partial charge in [-0.2, -0.15) is 0 Å². The van der Waals surface area contributed by atoms with Crippen LogP contribution in [-0.2, 0) is 0 Å². The second-order valence-electron chi connectivity index (χ2n) is 8.06. The Bertz CT molecular complexity index is 1140. The molecule has 0 fully saturated rings. The molecule has 0 aliphatic carbocycles. The van der Waals surface area contributed by atoms with E-state index in [1.165, 1.54) is 50.3 Å². The Labute approximate surface area is 186 Å². The SMILES string of the molecule is CCCCCOc1ccc(-p2c3cc(C)c(OC)cc3c3cc(OC)c(C)cc32)cc1. The zero-order valence-electron chi connectivity index (χ0n) is 19.1. The number of benzene rings is 3. The van der Waals surface area contributed by atoms with Gasteiger partial charge in [-0.05, 0) is 96.0 Å². The molecular formula is C27H31O3P. The van der Waals surface area contributed by atoms with Crippen LogP contribution in [0.2, 0.25) is 0 Å². The van der Waals surface area contributed by atoms with Crippen LogP contribution in [0, 0.1) is 13.8 Å². The molecule has 4 rings (SSSR count). The minimum absolute atomic E-state index is 0.637. The molecule has 162 valence electrons. The number of unbranched alkanes of at least 4 members (excludes halogenated alkanes) is 2. The summed E-state index contributed by atoms with van der Waals surface area (Å²) in [7, 11) is 2.84. The van der Waals surface area contributed by atoms with Gasteiger partial charge in [0.2, 0.25) is 0 Å². The van der Waals surface area contributed by atoms with Crippen molar-refractivity contribution >= 4 is 28.5 Å². The molecule has 0 amide bonds. The molecule has 0 spiro atoms. The third-order valence-corrected chi connectivity index (χ3v) is 8.43.